The van der Waals surface area contributed by atoms with Crippen LogP contribution in [0.15, 0.2) is 35.8 Å². The molecule has 0 aromatic carbocycles. The van der Waals surface area contributed by atoms with Crippen molar-refractivity contribution >= 4 is 28.6 Å². The van der Waals surface area contributed by atoms with E-state index in [0.29, 0.717) is 5.69 Å². The van der Waals surface area contributed by atoms with E-state index >= 15 is 0 Å². The molecule has 6 heteroatoms. The van der Waals surface area contributed by atoms with Crippen LogP contribution in [0.25, 0.3) is 21.3 Å². The van der Waals surface area contributed by atoms with E-state index in [9.17, 15) is 4.79 Å². The molecule has 3 aromatic rings. The van der Waals surface area contributed by atoms with Crippen molar-refractivity contribution in [1.82, 2.24) is 9.97 Å². The van der Waals surface area contributed by atoms with Crippen molar-refractivity contribution in [2.45, 2.75) is 6.92 Å². The lowest BCUT2D eigenvalue weighted by Crippen LogP contribution is -1.97. The standard InChI is InChI=1S/C14H10N2O2S2/c1-8-2-3-12(20-8)11-7-19-13(16-11)10-6-9(14(17)18)4-5-15-10/h2-7H,1H3,(H,17,18). The van der Waals surface area contributed by atoms with Crippen LogP contribution < -0.4 is 0 Å². The van der Waals surface area contributed by atoms with Gasteiger partial charge in [-0.2, -0.15) is 0 Å². The lowest BCUT2D eigenvalue weighted by Gasteiger charge is -1.97. The Balaban J connectivity index is 1.98. The quantitative estimate of drug-likeness (QED) is 0.796. The number of carboxylic acids is 1. The Morgan fingerprint density at radius 3 is 2.80 bits per heavy atom. The van der Waals surface area contributed by atoms with Gasteiger partial charge in [0.2, 0.25) is 0 Å². The molecule has 100 valence electrons. The van der Waals surface area contributed by atoms with Gasteiger partial charge in [0.15, 0.2) is 0 Å². The van der Waals surface area contributed by atoms with Gasteiger partial charge in [-0.3, -0.25) is 4.98 Å². The van der Waals surface area contributed by atoms with Crippen LogP contribution in [0.1, 0.15) is 15.2 Å². The van der Waals surface area contributed by atoms with Gasteiger partial charge in [0.25, 0.3) is 0 Å². The van der Waals surface area contributed by atoms with Crippen molar-refractivity contribution in [1.29, 1.82) is 0 Å². The van der Waals surface area contributed by atoms with Crippen LogP contribution in [0.4, 0.5) is 0 Å². The summed E-state index contributed by atoms with van der Waals surface area (Å²) in [5.41, 5.74) is 1.72. The molecule has 0 aliphatic heterocycles. The van der Waals surface area contributed by atoms with Gasteiger partial charge in [0, 0.05) is 16.5 Å². The summed E-state index contributed by atoms with van der Waals surface area (Å²) in [6.45, 7) is 2.05. The van der Waals surface area contributed by atoms with E-state index in [2.05, 4.69) is 23.0 Å². The largest absolute Gasteiger partial charge is 0.478 e. The first-order valence-electron chi connectivity index (χ1n) is 5.85. The van der Waals surface area contributed by atoms with Crippen LogP contribution in [-0.2, 0) is 0 Å². The Morgan fingerprint density at radius 2 is 2.10 bits per heavy atom. The number of hydrogen-bond acceptors (Lipinski definition) is 5. The Hall–Kier alpha value is -2.05. The maximum atomic E-state index is 11.0. The zero-order valence-corrected chi connectivity index (χ0v) is 12.2. The monoisotopic (exact) mass is 302 g/mol. The van der Waals surface area contributed by atoms with Gasteiger partial charge in [-0.25, -0.2) is 9.78 Å². The first-order chi connectivity index (χ1) is 9.63. The van der Waals surface area contributed by atoms with E-state index in [1.807, 2.05) is 11.4 Å². The predicted octanol–water partition coefficient (Wildman–Crippen LogP) is 3.94. The molecule has 0 atom stereocenters. The molecule has 4 nitrogen and oxygen atoms in total. The Bertz CT molecular complexity index is 777. The van der Waals surface area contributed by atoms with E-state index in [4.69, 9.17) is 5.11 Å². The minimum absolute atomic E-state index is 0.221. The maximum Gasteiger partial charge on any atom is 0.335 e. The zero-order valence-electron chi connectivity index (χ0n) is 10.5. The maximum absolute atomic E-state index is 11.0. The van der Waals surface area contributed by atoms with Gasteiger partial charge in [0.05, 0.1) is 21.8 Å². The van der Waals surface area contributed by atoms with Gasteiger partial charge in [-0.1, -0.05) is 0 Å². The van der Waals surface area contributed by atoms with Crippen LogP contribution >= 0.6 is 22.7 Å². The molecule has 0 aliphatic rings. The molecular weight excluding hydrogens is 292 g/mol. The summed E-state index contributed by atoms with van der Waals surface area (Å²) < 4.78 is 0. The van der Waals surface area contributed by atoms with E-state index in [1.165, 1.54) is 28.5 Å². The van der Waals surface area contributed by atoms with Crippen LogP contribution in [0.2, 0.25) is 0 Å². The molecule has 0 saturated carbocycles. The highest BCUT2D eigenvalue weighted by Gasteiger charge is 2.11. The highest BCUT2D eigenvalue weighted by atomic mass is 32.1. The second kappa shape index (κ2) is 5.15. The molecule has 3 rings (SSSR count). The Kier molecular flexibility index (Phi) is 3.33. The molecule has 20 heavy (non-hydrogen) atoms. The number of aromatic carboxylic acids is 1. The second-order valence-corrected chi connectivity index (χ2v) is 6.33. The number of rotatable bonds is 3. The number of aryl methyl sites for hydroxylation is 1. The summed E-state index contributed by atoms with van der Waals surface area (Å²) in [5, 5.41) is 11.7. The average molecular weight is 302 g/mol. The number of thiophene rings is 1. The highest BCUT2D eigenvalue weighted by Crippen LogP contribution is 2.31. The van der Waals surface area contributed by atoms with Crippen molar-refractivity contribution in [2.75, 3.05) is 0 Å². The van der Waals surface area contributed by atoms with Crippen LogP contribution in [-0.4, -0.2) is 21.0 Å². The van der Waals surface area contributed by atoms with Gasteiger partial charge < -0.3 is 5.11 Å². The molecule has 0 unspecified atom stereocenters. The lowest BCUT2D eigenvalue weighted by molar-refractivity contribution is 0.0697. The van der Waals surface area contributed by atoms with Crippen LogP contribution in [0, 0.1) is 6.92 Å². The van der Waals surface area contributed by atoms with E-state index in [1.54, 1.807) is 17.4 Å². The number of carboxylic acid groups (broad SMARTS) is 1. The number of aromatic nitrogens is 2. The fourth-order valence-corrected chi connectivity index (χ4v) is 3.45. The average Bonchev–Trinajstić information content (AvgIpc) is 3.07. The van der Waals surface area contributed by atoms with Crippen LogP contribution in [0.5, 0.6) is 0 Å². The summed E-state index contributed by atoms with van der Waals surface area (Å²) >= 11 is 3.15. The minimum Gasteiger partial charge on any atom is -0.478 e. The summed E-state index contributed by atoms with van der Waals surface area (Å²) in [6.07, 6.45) is 1.50. The molecule has 0 amide bonds. The lowest BCUT2D eigenvalue weighted by atomic mass is 10.2. The van der Waals surface area contributed by atoms with Crippen molar-refractivity contribution in [3.63, 3.8) is 0 Å². The highest BCUT2D eigenvalue weighted by molar-refractivity contribution is 7.16. The molecule has 0 fully saturated rings. The fraction of sp³-hybridized carbons (Fsp3) is 0.0714. The third kappa shape index (κ3) is 2.48. The molecule has 3 aromatic heterocycles. The molecule has 3 heterocycles. The minimum atomic E-state index is -0.959. The number of hydrogen-bond donors (Lipinski definition) is 1. The molecule has 0 spiro atoms. The Morgan fingerprint density at radius 1 is 1.25 bits per heavy atom. The SMILES string of the molecule is Cc1ccc(-c2csc(-c3cc(C(=O)O)ccn3)n2)s1. The third-order valence-electron chi connectivity index (χ3n) is 2.72. The normalized spacial score (nSPS) is 10.7. The van der Waals surface area contributed by atoms with Gasteiger partial charge in [-0.05, 0) is 31.2 Å². The summed E-state index contributed by atoms with van der Waals surface area (Å²) in [7, 11) is 0. The van der Waals surface area contributed by atoms with Gasteiger partial charge >= 0.3 is 5.97 Å². The molecular formula is C14H10N2O2S2. The number of pyridine rings is 1. The van der Waals surface area contributed by atoms with E-state index in [0.717, 1.165) is 15.6 Å². The molecule has 0 saturated heterocycles. The topological polar surface area (TPSA) is 63.1 Å². The molecule has 1 N–H and O–H groups in total. The Labute approximate surface area is 123 Å². The molecule has 0 radical (unpaired) electrons. The second-order valence-electron chi connectivity index (χ2n) is 4.18. The van der Waals surface area contributed by atoms with E-state index < -0.39 is 5.97 Å². The molecule has 0 aliphatic carbocycles. The smallest absolute Gasteiger partial charge is 0.335 e. The zero-order chi connectivity index (χ0) is 14.1. The van der Waals surface area contributed by atoms with Crippen LogP contribution in [0.3, 0.4) is 0 Å². The summed E-state index contributed by atoms with van der Waals surface area (Å²) in [4.78, 5) is 22.0. The fourth-order valence-electron chi connectivity index (χ4n) is 1.76. The predicted molar refractivity (Wildman–Crippen MR) is 80.4 cm³/mol. The first kappa shape index (κ1) is 13.0. The van der Waals surface area contributed by atoms with Crippen molar-refractivity contribution < 1.29 is 9.90 Å². The van der Waals surface area contributed by atoms with Crippen molar-refractivity contribution in [3.05, 3.63) is 46.3 Å². The summed E-state index contributed by atoms with van der Waals surface area (Å²) in [6, 6.07) is 7.12. The number of thiazole rings is 1. The third-order valence-corrected chi connectivity index (χ3v) is 4.61. The number of carbonyl (C=O) groups is 1. The van der Waals surface area contributed by atoms with Gasteiger partial charge in [-0.15, -0.1) is 22.7 Å². The first-order valence-corrected chi connectivity index (χ1v) is 7.55. The summed E-state index contributed by atoms with van der Waals surface area (Å²) in [5.74, 6) is -0.959. The van der Waals surface area contributed by atoms with Crippen molar-refractivity contribution in [3.8, 4) is 21.3 Å². The van der Waals surface area contributed by atoms with Gasteiger partial charge in [0.1, 0.15) is 5.01 Å². The number of nitrogens with zero attached hydrogens (tertiary/aromatic N) is 2. The molecule has 0 bridgehead atoms. The van der Waals surface area contributed by atoms with E-state index in [-0.39, 0.29) is 5.56 Å². The van der Waals surface area contributed by atoms with Crippen molar-refractivity contribution in [2.24, 2.45) is 0 Å².